The highest BCUT2D eigenvalue weighted by Crippen LogP contribution is 2.31. The Balaban J connectivity index is 1.99. The van der Waals surface area contributed by atoms with E-state index >= 15 is 0 Å². The van der Waals surface area contributed by atoms with Gasteiger partial charge in [-0.15, -0.1) is 0 Å². The quantitative estimate of drug-likeness (QED) is 0.749. The molecule has 0 spiro atoms. The maximum atomic E-state index is 13.2. The molecule has 3 aromatic rings. The predicted molar refractivity (Wildman–Crippen MR) is 84.3 cm³/mol. The highest BCUT2D eigenvalue weighted by atomic mass is 79.9. The number of fused-ring (bicyclic) bond motifs is 1. The molecule has 3 nitrogen and oxygen atoms in total. The second kappa shape index (κ2) is 5.48. The molecule has 0 saturated heterocycles. The Labute approximate surface area is 130 Å². The number of hydrogen-bond acceptors (Lipinski definition) is 2. The van der Waals surface area contributed by atoms with Crippen molar-refractivity contribution in [1.82, 2.24) is 9.97 Å². The summed E-state index contributed by atoms with van der Waals surface area (Å²) in [5.41, 5.74) is 2.58. The van der Waals surface area contributed by atoms with Crippen molar-refractivity contribution in [3.05, 3.63) is 58.1 Å². The molecule has 5 heteroatoms. The van der Waals surface area contributed by atoms with Crippen LogP contribution in [0.4, 0.5) is 4.39 Å². The van der Waals surface area contributed by atoms with Gasteiger partial charge in [-0.25, -0.2) is 9.37 Å². The minimum atomic E-state index is -0.277. The summed E-state index contributed by atoms with van der Waals surface area (Å²) in [6, 6.07) is 10.5. The molecule has 1 unspecified atom stereocenters. The first-order chi connectivity index (χ1) is 10.1. The van der Waals surface area contributed by atoms with Crippen LogP contribution in [0.2, 0.25) is 0 Å². The van der Waals surface area contributed by atoms with Gasteiger partial charge in [0.25, 0.3) is 0 Å². The fourth-order valence-corrected chi connectivity index (χ4v) is 2.87. The third-order valence-corrected chi connectivity index (χ3v) is 4.17. The maximum absolute atomic E-state index is 13.2. The summed E-state index contributed by atoms with van der Waals surface area (Å²) >= 11 is 3.49. The normalized spacial score (nSPS) is 12.6. The molecule has 3 rings (SSSR count). The number of aromatic amines is 1. The molecule has 1 heterocycles. The van der Waals surface area contributed by atoms with Crippen LogP contribution in [0.1, 0.15) is 24.2 Å². The van der Waals surface area contributed by atoms with Crippen molar-refractivity contribution in [1.29, 1.82) is 0 Å². The molecule has 108 valence electrons. The van der Waals surface area contributed by atoms with Gasteiger partial charge in [-0.05, 0) is 45.8 Å². The summed E-state index contributed by atoms with van der Waals surface area (Å²) in [6.45, 7) is 2.06. The molecule has 0 amide bonds. The van der Waals surface area contributed by atoms with Crippen LogP contribution in [0.25, 0.3) is 11.0 Å². The molecule has 21 heavy (non-hydrogen) atoms. The zero-order valence-electron chi connectivity index (χ0n) is 11.7. The Morgan fingerprint density at radius 3 is 2.76 bits per heavy atom. The second-order valence-electron chi connectivity index (χ2n) is 4.90. The molecule has 0 saturated carbocycles. The lowest BCUT2D eigenvalue weighted by molar-refractivity contribution is 0.412. The number of hydrogen-bond donors (Lipinski definition) is 1. The molecule has 0 bridgehead atoms. The van der Waals surface area contributed by atoms with Gasteiger partial charge >= 0.3 is 0 Å². The van der Waals surface area contributed by atoms with Crippen molar-refractivity contribution in [2.45, 2.75) is 12.8 Å². The Morgan fingerprint density at radius 2 is 2.05 bits per heavy atom. The van der Waals surface area contributed by atoms with E-state index in [4.69, 9.17) is 4.74 Å². The van der Waals surface area contributed by atoms with Gasteiger partial charge in [-0.3, -0.25) is 0 Å². The average molecular weight is 349 g/mol. The topological polar surface area (TPSA) is 37.9 Å². The van der Waals surface area contributed by atoms with E-state index in [-0.39, 0.29) is 11.7 Å². The zero-order valence-corrected chi connectivity index (χ0v) is 13.2. The molecule has 1 N–H and O–H groups in total. The molecular formula is C16H14BrFN2O. The Morgan fingerprint density at radius 1 is 1.24 bits per heavy atom. The lowest BCUT2D eigenvalue weighted by atomic mass is 10.0. The number of halogens is 2. The molecule has 2 aromatic carbocycles. The van der Waals surface area contributed by atoms with Gasteiger partial charge in [0.15, 0.2) is 0 Å². The predicted octanol–water partition coefficient (Wildman–Crippen LogP) is 4.62. The first-order valence-electron chi connectivity index (χ1n) is 6.57. The number of rotatable bonds is 3. The smallest absolute Gasteiger partial charge is 0.133 e. The summed E-state index contributed by atoms with van der Waals surface area (Å²) in [7, 11) is 1.64. The van der Waals surface area contributed by atoms with Crippen LogP contribution in [0.5, 0.6) is 5.75 Å². The first-order valence-corrected chi connectivity index (χ1v) is 7.36. The van der Waals surface area contributed by atoms with E-state index < -0.39 is 0 Å². The van der Waals surface area contributed by atoms with Crippen molar-refractivity contribution in [3.8, 4) is 5.75 Å². The monoisotopic (exact) mass is 348 g/mol. The van der Waals surface area contributed by atoms with Crippen LogP contribution in [0.3, 0.4) is 0 Å². The van der Waals surface area contributed by atoms with Gasteiger partial charge in [0, 0.05) is 12.0 Å². The van der Waals surface area contributed by atoms with E-state index in [2.05, 4.69) is 32.8 Å². The van der Waals surface area contributed by atoms with E-state index in [9.17, 15) is 4.39 Å². The standard InChI is InChI=1S/C16H14BrFN2O/c1-9(10-3-6-15(21-2)12(17)7-10)16-19-13-5-4-11(18)8-14(13)20-16/h3-9H,1-2H3,(H,19,20). The SMILES string of the molecule is COc1ccc(C(C)c2nc3cc(F)ccc3[nH]2)cc1Br. The van der Waals surface area contributed by atoms with Crippen molar-refractivity contribution >= 4 is 27.0 Å². The second-order valence-corrected chi connectivity index (χ2v) is 5.75. The maximum Gasteiger partial charge on any atom is 0.133 e. The Bertz CT molecular complexity index is 800. The fourth-order valence-electron chi connectivity index (χ4n) is 2.31. The lowest BCUT2D eigenvalue weighted by Gasteiger charge is -2.11. The van der Waals surface area contributed by atoms with Crippen LogP contribution < -0.4 is 4.74 Å². The van der Waals surface area contributed by atoms with Gasteiger partial charge in [0.2, 0.25) is 0 Å². The number of aromatic nitrogens is 2. The minimum Gasteiger partial charge on any atom is -0.496 e. The summed E-state index contributed by atoms with van der Waals surface area (Å²) in [6.07, 6.45) is 0. The lowest BCUT2D eigenvalue weighted by Crippen LogP contribution is -1.99. The van der Waals surface area contributed by atoms with Crippen LogP contribution >= 0.6 is 15.9 Å². The van der Waals surface area contributed by atoms with Gasteiger partial charge in [-0.2, -0.15) is 0 Å². The minimum absolute atomic E-state index is 0.0719. The Kier molecular flexibility index (Phi) is 3.68. The van der Waals surface area contributed by atoms with Gasteiger partial charge < -0.3 is 9.72 Å². The van der Waals surface area contributed by atoms with E-state index in [1.165, 1.54) is 12.1 Å². The van der Waals surface area contributed by atoms with E-state index in [1.807, 2.05) is 18.2 Å². The van der Waals surface area contributed by atoms with Crippen LogP contribution in [-0.2, 0) is 0 Å². The summed E-state index contributed by atoms with van der Waals surface area (Å²) < 4.78 is 19.4. The highest BCUT2D eigenvalue weighted by Gasteiger charge is 2.15. The van der Waals surface area contributed by atoms with Crippen LogP contribution in [0, 0.1) is 5.82 Å². The molecule has 0 aliphatic carbocycles. The van der Waals surface area contributed by atoms with Gasteiger partial charge in [0.05, 0.1) is 22.6 Å². The van der Waals surface area contributed by atoms with E-state index in [1.54, 1.807) is 13.2 Å². The van der Waals surface area contributed by atoms with Crippen LogP contribution in [0.15, 0.2) is 40.9 Å². The van der Waals surface area contributed by atoms with Crippen molar-refractivity contribution in [2.24, 2.45) is 0 Å². The van der Waals surface area contributed by atoms with Crippen molar-refractivity contribution in [3.63, 3.8) is 0 Å². The van der Waals surface area contributed by atoms with E-state index in [0.29, 0.717) is 5.52 Å². The first kappa shape index (κ1) is 14.1. The number of methoxy groups -OCH3 is 1. The highest BCUT2D eigenvalue weighted by molar-refractivity contribution is 9.10. The third kappa shape index (κ3) is 2.65. The number of H-pyrrole nitrogens is 1. The summed E-state index contributed by atoms with van der Waals surface area (Å²) in [5.74, 6) is 1.40. The molecule has 0 aliphatic heterocycles. The number of ether oxygens (including phenoxy) is 1. The number of imidazole rings is 1. The van der Waals surface area contributed by atoms with Crippen LogP contribution in [-0.4, -0.2) is 17.1 Å². The van der Waals surface area contributed by atoms with Crippen molar-refractivity contribution < 1.29 is 9.13 Å². The zero-order chi connectivity index (χ0) is 15.0. The number of benzene rings is 2. The average Bonchev–Trinajstić information content (AvgIpc) is 2.89. The summed E-state index contributed by atoms with van der Waals surface area (Å²) in [5, 5.41) is 0. The Hall–Kier alpha value is -1.88. The van der Waals surface area contributed by atoms with Gasteiger partial charge in [-0.1, -0.05) is 13.0 Å². The molecule has 0 aliphatic rings. The van der Waals surface area contributed by atoms with Crippen molar-refractivity contribution in [2.75, 3.05) is 7.11 Å². The number of nitrogens with zero attached hydrogens (tertiary/aromatic N) is 1. The number of nitrogens with one attached hydrogen (secondary N) is 1. The molecular weight excluding hydrogens is 335 g/mol. The fraction of sp³-hybridized carbons (Fsp3) is 0.188. The summed E-state index contributed by atoms with van der Waals surface area (Å²) in [4.78, 5) is 7.72. The van der Waals surface area contributed by atoms with E-state index in [0.717, 1.165) is 27.1 Å². The third-order valence-electron chi connectivity index (χ3n) is 3.55. The molecule has 0 fully saturated rings. The molecule has 1 aromatic heterocycles. The van der Waals surface area contributed by atoms with Gasteiger partial charge in [0.1, 0.15) is 17.4 Å². The molecule has 1 atom stereocenters. The largest absolute Gasteiger partial charge is 0.496 e. The molecule has 0 radical (unpaired) electrons.